The smallest absolute Gasteiger partial charge is 0.224 e. The zero-order chi connectivity index (χ0) is 16.8. The molecule has 0 atom stereocenters. The molecule has 3 aromatic rings. The van der Waals surface area contributed by atoms with Crippen LogP contribution >= 0.6 is 0 Å². The highest BCUT2D eigenvalue weighted by molar-refractivity contribution is 5.90. The molecule has 0 saturated carbocycles. The highest BCUT2D eigenvalue weighted by Gasteiger charge is 2.04. The van der Waals surface area contributed by atoms with E-state index in [1.54, 1.807) is 0 Å². The molecule has 1 N–H and O–H groups in total. The van der Waals surface area contributed by atoms with Crippen molar-refractivity contribution in [3.63, 3.8) is 0 Å². The third-order valence-corrected chi connectivity index (χ3v) is 3.85. The fraction of sp³-hybridized carbons (Fsp3) is 0.200. The van der Waals surface area contributed by atoms with Gasteiger partial charge in [0.1, 0.15) is 0 Å². The van der Waals surface area contributed by atoms with Crippen LogP contribution in [0.4, 0.5) is 5.69 Å². The SMILES string of the molecule is Cc1ccn(-c2ccc(NC(=O)CCCc3ccccc3)cc2)n1. The summed E-state index contributed by atoms with van der Waals surface area (Å²) in [5.74, 6) is 0.0496. The van der Waals surface area contributed by atoms with E-state index in [0.717, 1.165) is 29.9 Å². The second-order valence-electron chi connectivity index (χ2n) is 5.84. The summed E-state index contributed by atoms with van der Waals surface area (Å²) in [5.41, 5.74) is 4.03. The molecule has 0 radical (unpaired) electrons. The molecule has 1 amide bonds. The molecule has 0 saturated heterocycles. The third kappa shape index (κ3) is 4.32. The first-order valence-corrected chi connectivity index (χ1v) is 8.17. The number of aryl methyl sites for hydroxylation is 2. The van der Waals surface area contributed by atoms with Gasteiger partial charge in [-0.05, 0) is 55.7 Å². The predicted octanol–water partition coefficient (Wildman–Crippen LogP) is 4.14. The fourth-order valence-electron chi connectivity index (χ4n) is 2.58. The van der Waals surface area contributed by atoms with Crippen molar-refractivity contribution in [2.45, 2.75) is 26.2 Å². The molecule has 3 rings (SSSR count). The third-order valence-electron chi connectivity index (χ3n) is 3.85. The van der Waals surface area contributed by atoms with Gasteiger partial charge >= 0.3 is 0 Å². The normalized spacial score (nSPS) is 10.5. The number of carbonyl (C=O) groups excluding carboxylic acids is 1. The lowest BCUT2D eigenvalue weighted by Crippen LogP contribution is -2.11. The molecule has 0 spiro atoms. The Morgan fingerprint density at radius 1 is 1.04 bits per heavy atom. The summed E-state index contributed by atoms with van der Waals surface area (Å²) in [5, 5.41) is 7.31. The molecular formula is C20H21N3O. The van der Waals surface area contributed by atoms with Crippen molar-refractivity contribution in [1.29, 1.82) is 0 Å². The molecule has 0 unspecified atom stereocenters. The van der Waals surface area contributed by atoms with Gasteiger partial charge in [-0.3, -0.25) is 4.79 Å². The van der Waals surface area contributed by atoms with Crippen LogP contribution in [0.5, 0.6) is 0 Å². The lowest BCUT2D eigenvalue weighted by molar-refractivity contribution is -0.116. The van der Waals surface area contributed by atoms with E-state index in [0.29, 0.717) is 6.42 Å². The van der Waals surface area contributed by atoms with E-state index in [9.17, 15) is 4.79 Å². The van der Waals surface area contributed by atoms with E-state index in [4.69, 9.17) is 0 Å². The van der Waals surface area contributed by atoms with E-state index in [2.05, 4.69) is 22.5 Å². The Kier molecular flexibility index (Phi) is 5.06. The van der Waals surface area contributed by atoms with Crippen molar-refractivity contribution < 1.29 is 4.79 Å². The molecule has 24 heavy (non-hydrogen) atoms. The van der Waals surface area contributed by atoms with Crippen LogP contribution in [0.3, 0.4) is 0 Å². The summed E-state index contributed by atoms with van der Waals surface area (Å²) in [6, 6.07) is 19.9. The summed E-state index contributed by atoms with van der Waals surface area (Å²) < 4.78 is 1.82. The molecule has 122 valence electrons. The van der Waals surface area contributed by atoms with Gasteiger partial charge < -0.3 is 5.32 Å². The molecular weight excluding hydrogens is 298 g/mol. The van der Waals surface area contributed by atoms with Crippen LogP contribution in [0.1, 0.15) is 24.1 Å². The second kappa shape index (κ2) is 7.59. The molecule has 0 bridgehead atoms. The first-order valence-electron chi connectivity index (χ1n) is 8.17. The topological polar surface area (TPSA) is 46.9 Å². The maximum atomic E-state index is 12.0. The van der Waals surface area contributed by atoms with Gasteiger partial charge in [0.25, 0.3) is 0 Å². The average molecular weight is 319 g/mol. The molecule has 1 aromatic heterocycles. The van der Waals surface area contributed by atoms with Crippen LogP contribution in [-0.2, 0) is 11.2 Å². The van der Waals surface area contributed by atoms with Crippen molar-refractivity contribution >= 4 is 11.6 Å². The van der Waals surface area contributed by atoms with Crippen LogP contribution < -0.4 is 5.32 Å². The number of rotatable bonds is 6. The van der Waals surface area contributed by atoms with Gasteiger partial charge in [0.15, 0.2) is 0 Å². The van der Waals surface area contributed by atoms with E-state index >= 15 is 0 Å². The first-order chi connectivity index (χ1) is 11.7. The Bertz CT molecular complexity index is 791. The van der Waals surface area contributed by atoms with Crippen LogP contribution in [-0.4, -0.2) is 15.7 Å². The highest BCUT2D eigenvalue weighted by Crippen LogP contribution is 2.14. The number of amides is 1. The summed E-state index contributed by atoms with van der Waals surface area (Å²) >= 11 is 0. The monoisotopic (exact) mass is 319 g/mol. The van der Waals surface area contributed by atoms with E-state index in [1.165, 1.54) is 5.56 Å². The molecule has 4 heteroatoms. The van der Waals surface area contributed by atoms with Gasteiger partial charge in [0.05, 0.1) is 11.4 Å². The lowest BCUT2D eigenvalue weighted by Gasteiger charge is -2.07. The lowest BCUT2D eigenvalue weighted by atomic mass is 10.1. The molecule has 1 heterocycles. The Balaban J connectivity index is 1.49. The van der Waals surface area contributed by atoms with E-state index in [-0.39, 0.29) is 5.91 Å². The molecule has 0 fully saturated rings. The maximum Gasteiger partial charge on any atom is 0.224 e. The van der Waals surface area contributed by atoms with Gasteiger partial charge in [0, 0.05) is 18.3 Å². The van der Waals surface area contributed by atoms with E-state index in [1.807, 2.05) is 66.3 Å². The number of nitrogens with one attached hydrogen (secondary N) is 1. The first kappa shape index (κ1) is 16.0. The zero-order valence-electron chi connectivity index (χ0n) is 13.8. The number of nitrogens with zero attached hydrogens (tertiary/aromatic N) is 2. The van der Waals surface area contributed by atoms with Crippen LogP contribution in [0, 0.1) is 6.92 Å². The molecule has 0 aliphatic heterocycles. The van der Waals surface area contributed by atoms with Crippen molar-refractivity contribution in [2.24, 2.45) is 0 Å². The summed E-state index contributed by atoms with van der Waals surface area (Å²) in [4.78, 5) is 12.0. The van der Waals surface area contributed by atoms with Crippen molar-refractivity contribution in [3.05, 3.63) is 78.1 Å². The quantitative estimate of drug-likeness (QED) is 0.742. The van der Waals surface area contributed by atoms with Crippen molar-refractivity contribution in [3.8, 4) is 5.69 Å². The summed E-state index contributed by atoms with van der Waals surface area (Å²) in [6.07, 6.45) is 4.22. The van der Waals surface area contributed by atoms with Gasteiger partial charge in [-0.2, -0.15) is 5.10 Å². The van der Waals surface area contributed by atoms with Crippen LogP contribution in [0.15, 0.2) is 66.9 Å². The molecule has 2 aromatic carbocycles. The van der Waals surface area contributed by atoms with E-state index < -0.39 is 0 Å². The average Bonchev–Trinajstić information content (AvgIpc) is 3.03. The van der Waals surface area contributed by atoms with Crippen LogP contribution in [0.25, 0.3) is 5.69 Å². The second-order valence-corrected chi connectivity index (χ2v) is 5.84. The summed E-state index contributed by atoms with van der Waals surface area (Å²) in [6.45, 7) is 1.96. The molecule has 0 aliphatic rings. The van der Waals surface area contributed by atoms with Crippen molar-refractivity contribution in [1.82, 2.24) is 9.78 Å². The zero-order valence-corrected chi connectivity index (χ0v) is 13.8. The Labute approximate surface area is 142 Å². The van der Waals surface area contributed by atoms with Crippen molar-refractivity contribution in [2.75, 3.05) is 5.32 Å². The minimum absolute atomic E-state index is 0.0496. The Morgan fingerprint density at radius 3 is 2.46 bits per heavy atom. The van der Waals surface area contributed by atoms with Gasteiger partial charge in [-0.15, -0.1) is 0 Å². The molecule has 4 nitrogen and oxygen atoms in total. The minimum Gasteiger partial charge on any atom is -0.326 e. The largest absolute Gasteiger partial charge is 0.326 e. The number of aromatic nitrogens is 2. The number of anilines is 1. The van der Waals surface area contributed by atoms with Crippen LogP contribution in [0.2, 0.25) is 0 Å². The summed E-state index contributed by atoms with van der Waals surface area (Å²) in [7, 11) is 0. The minimum atomic E-state index is 0.0496. The number of hydrogen-bond acceptors (Lipinski definition) is 2. The number of hydrogen-bond donors (Lipinski definition) is 1. The predicted molar refractivity (Wildman–Crippen MR) is 96.3 cm³/mol. The standard InChI is InChI=1S/C20H21N3O/c1-16-14-15-23(22-16)19-12-10-18(11-13-19)21-20(24)9-5-8-17-6-3-2-4-7-17/h2-4,6-7,10-15H,5,8-9H2,1H3,(H,21,24). The fourth-order valence-corrected chi connectivity index (χ4v) is 2.58. The van der Waals surface area contributed by atoms with Gasteiger partial charge in [-0.25, -0.2) is 4.68 Å². The van der Waals surface area contributed by atoms with Gasteiger partial charge in [-0.1, -0.05) is 30.3 Å². The highest BCUT2D eigenvalue weighted by atomic mass is 16.1. The Morgan fingerprint density at radius 2 is 1.79 bits per heavy atom. The maximum absolute atomic E-state index is 12.0. The Hall–Kier alpha value is -2.88. The number of carbonyl (C=O) groups is 1. The molecule has 0 aliphatic carbocycles. The van der Waals surface area contributed by atoms with Gasteiger partial charge in [0.2, 0.25) is 5.91 Å². The number of benzene rings is 2.